The fourth-order valence-corrected chi connectivity index (χ4v) is 1.33. The number of nitrogen functional groups attached to an aromatic ring is 1. The predicted molar refractivity (Wildman–Crippen MR) is 45.2 cm³/mol. The van der Waals surface area contributed by atoms with Gasteiger partial charge in [-0.1, -0.05) is 0 Å². The zero-order valence-electron chi connectivity index (χ0n) is 6.53. The number of nitrogens with two attached hydrogens (primary N) is 1. The Morgan fingerprint density at radius 3 is 2.29 bits per heavy atom. The van der Waals surface area contributed by atoms with Gasteiger partial charge >= 0.3 is 6.36 Å². The smallest absolute Gasteiger partial charge is 0.402 e. The molecule has 0 heterocycles. The summed E-state index contributed by atoms with van der Waals surface area (Å²) in [6.45, 7) is 0. The molecule has 0 aliphatic carbocycles. The van der Waals surface area contributed by atoms with Crippen LogP contribution in [0.3, 0.4) is 0 Å². The van der Waals surface area contributed by atoms with Gasteiger partial charge in [0.1, 0.15) is 5.82 Å². The Balaban J connectivity index is 3.09. The van der Waals surface area contributed by atoms with Crippen LogP contribution >= 0.6 is 15.9 Å². The quantitative estimate of drug-likeness (QED) is 0.631. The average molecular weight is 274 g/mol. The molecule has 0 unspecified atom stereocenters. The Kier molecular flexibility index (Phi) is 2.89. The number of ether oxygens (including phenoxy) is 1. The summed E-state index contributed by atoms with van der Waals surface area (Å²) in [5.74, 6) is -1.39. The number of rotatable bonds is 1. The van der Waals surface area contributed by atoms with Gasteiger partial charge in [0, 0.05) is 6.07 Å². The first-order valence-electron chi connectivity index (χ1n) is 3.30. The molecule has 0 amide bonds. The van der Waals surface area contributed by atoms with E-state index in [0.717, 1.165) is 12.1 Å². The predicted octanol–water partition coefficient (Wildman–Crippen LogP) is 3.07. The number of halogens is 5. The molecule has 0 bridgehead atoms. The first-order valence-corrected chi connectivity index (χ1v) is 4.09. The van der Waals surface area contributed by atoms with Crippen molar-refractivity contribution < 1.29 is 22.3 Å². The first kappa shape index (κ1) is 11.1. The summed E-state index contributed by atoms with van der Waals surface area (Å²) in [5, 5.41) is 0. The molecule has 2 nitrogen and oxygen atoms in total. The summed E-state index contributed by atoms with van der Waals surface area (Å²) in [6.07, 6.45) is -4.85. The maximum Gasteiger partial charge on any atom is 0.573 e. The lowest BCUT2D eigenvalue weighted by Gasteiger charge is -2.12. The van der Waals surface area contributed by atoms with Crippen molar-refractivity contribution in [2.75, 3.05) is 5.73 Å². The molecule has 1 rings (SSSR count). The second-order valence-electron chi connectivity index (χ2n) is 2.35. The summed E-state index contributed by atoms with van der Waals surface area (Å²) in [4.78, 5) is 0. The molecule has 1 aromatic rings. The van der Waals surface area contributed by atoms with Gasteiger partial charge in [-0.05, 0) is 22.0 Å². The molecular weight excluding hydrogens is 270 g/mol. The minimum Gasteiger partial charge on any atom is -0.402 e. The number of hydrogen-bond donors (Lipinski definition) is 1. The van der Waals surface area contributed by atoms with Crippen molar-refractivity contribution in [3.8, 4) is 5.75 Å². The first-order chi connectivity index (χ1) is 6.29. The third kappa shape index (κ3) is 2.76. The van der Waals surface area contributed by atoms with Crippen molar-refractivity contribution in [1.29, 1.82) is 0 Å². The molecule has 78 valence electrons. The molecule has 0 atom stereocenters. The fourth-order valence-electron chi connectivity index (χ4n) is 0.804. The molecular formula is C7H4BrF4NO. The normalized spacial score (nSPS) is 11.5. The number of anilines is 1. The molecule has 7 heteroatoms. The second-order valence-corrected chi connectivity index (χ2v) is 3.21. The molecule has 0 spiro atoms. The van der Waals surface area contributed by atoms with E-state index in [2.05, 4.69) is 20.7 Å². The van der Waals surface area contributed by atoms with Gasteiger partial charge in [0.15, 0.2) is 5.75 Å². The SMILES string of the molecule is Nc1cc(F)cc(Br)c1OC(F)(F)F. The van der Waals surface area contributed by atoms with Crippen LogP contribution in [0.15, 0.2) is 16.6 Å². The molecule has 0 aromatic heterocycles. The molecule has 1 aromatic carbocycles. The number of alkyl halides is 3. The highest BCUT2D eigenvalue weighted by Gasteiger charge is 2.33. The van der Waals surface area contributed by atoms with E-state index in [-0.39, 0.29) is 4.47 Å². The standard InChI is InChI=1S/C7H4BrF4NO/c8-4-1-3(9)2-5(13)6(4)14-7(10,11)12/h1-2H,13H2. The summed E-state index contributed by atoms with van der Waals surface area (Å²) < 4.78 is 51.4. The van der Waals surface area contributed by atoms with E-state index in [1.54, 1.807) is 0 Å². The molecule has 0 aliphatic rings. The molecule has 0 saturated heterocycles. The zero-order valence-corrected chi connectivity index (χ0v) is 8.12. The number of benzene rings is 1. The molecule has 0 fully saturated rings. The fraction of sp³-hybridized carbons (Fsp3) is 0.143. The Labute approximate surface area is 84.8 Å². The molecule has 0 radical (unpaired) electrons. The van der Waals surface area contributed by atoms with Crippen LogP contribution < -0.4 is 10.5 Å². The third-order valence-electron chi connectivity index (χ3n) is 1.25. The Morgan fingerprint density at radius 1 is 1.29 bits per heavy atom. The maximum absolute atomic E-state index is 12.6. The van der Waals surface area contributed by atoms with Crippen molar-refractivity contribution in [3.05, 3.63) is 22.4 Å². The van der Waals surface area contributed by atoms with E-state index in [4.69, 9.17) is 5.73 Å². The zero-order chi connectivity index (χ0) is 10.9. The Morgan fingerprint density at radius 2 is 1.86 bits per heavy atom. The van der Waals surface area contributed by atoms with E-state index >= 15 is 0 Å². The summed E-state index contributed by atoms with van der Waals surface area (Å²) in [5.41, 5.74) is 4.71. The van der Waals surface area contributed by atoms with Gasteiger partial charge < -0.3 is 10.5 Å². The van der Waals surface area contributed by atoms with Gasteiger partial charge in [0.05, 0.1) is 10.2 Å². The van der Waals surface area contributed by atoms with Crippen molar-refractivity contribution in [3.63, 3.8) is 0 Å². The highest BCUT2D eigenvalue weighted by Crippen LogP contribution is 2.36. The molecule has 14 heavy (non-hydrogen) atoms. The van der Waals surface area contributed by atoms with Gasteiger partial charge in [0.2, 0.25) is 0 Å². The van der Waals surface area contributed by atoms with Crippen LogP contribution in [0.2, 0.25) is 0 Å². The van der Waals surface area contributed by atoms with Crippen LogP contribution in [0.25, 0.3) is 0 Å². The van der Waals surface area contributed by atoms with Crippen molar-refractivity contribution in [2.45, 2.75) is 6.36 Å². The minimum atomic E-state index is -4.85. The van der Waals surface area contributed by atoms with Crippen molar-refractivity contribution in [1.82, 2.24) is 0 Å². The van der Waals surface area contributed by atoms with E-state index in [0.29, 0.717) is 0 Å². The monoisotopic (exact) mass is 273 g/mol. The van der Waals surface area contributed by atoms with Gasteiger partial charge in [-0.25, -0.2) is 4.39 Å². The van der Waals surface area contributed by atoms with E-state index in [1.807, 2.05) is 0 Å². The van der Waals surface area contributed by atoms with E-state index < -0.39 is 23.6 Å². The minimum absolute atomic E-state index is 0.188. The highest BCUT2D eigenvalue weighted by molar-refractivity contribution is 9.10. The summed E-state index contributed by atoms with van der Waals surface area (Å²) in [6, 6.07) is 1.57. The Bertz CT molecular complexity index is 329. The largest absolute Gasteiger partial charge is 0.573 e. The summed E-state index contributed by atoms with van der Waals surface area (Å²) in [7, 11) is 0. The van der Waals surface area contributed by atoms with Crippen molar-refractivity contribution >= 4 is 21.6 Å². The van der Waals surface area contributed by atoms with Gasteiger partial charge in [-0.15, -0.1) is 13.2 Å². The lowest BCUT2D eigenvalue weighted by molar-refractivity contribution is -0.274. The van der Waals surface area contributed by atoms with Crippen LogP contribution in [-0.4, -0.2) is 6.36 Å². The maximum atomic E-state index is 12.6. The number of hydrogen-bond acceptors (Lipinski definition) is 2. The molecule has 0 aliphatic heterocycles. The average Bonchev–Trinajstić information content (AvgIpc) is 1.95. The van der Waals surface area contributed by atoms with Crippen LogP contribution in [0.4, 0.5) is 23.2 Å². The lowest BCUT2D eigenvalue weighted by Crippen LogP contribution is -2.18. The van der Waals surface area contributed by atoms with Gasteiger partial charge in [-0.2, -0.15) is 0 Å². The third-order valence-corrected chi connectivity index (χ3v) is 1.84. The molecule has 0 saturated carbocycles. The van der Waals surface area contributed by atoms with Crippen LogP contribution in [0.1, 0.15) is 0 Å². The van der Waals surface area contributed by atoms with Crippen molar-refractivity contribution in [2.24, 2.45) is 0 Å². The summed E-state index contributed by atoms with van der Waals surface area (Å²) >= 11 is 2.71. The van der Waals surface area contributed by atoms with Gasteiger partial charge in [-0.3, -0.25) is 0 Å². The highest BCUT2D eigenvalue weighted by atomic mass is 79.9. The van der Waals surface area contributed by atoms with Crippen LogP contribution in [-0.2, 0) is 0 Å². The topological polar surface area (TPSA) is 35.2 Å². The van der Waals surface area contributed by atoms with Crippen LogP contribution in [0.5, 0.6) is 5.75 Å². The van der Waals surface area contributed by atoms with Gasteiger partial charge in [0.25, 0.3) is 0 Å². The molecule has 2 N–H and O–H groups in total. The Hall–Kier alpha value is -0.980. The van der Waals surface area contributed by atoms with E-state index in [9.17, 15) is 17.6 Å². The van der Waals surface area contributed by atoms with E-state index in [1.165, 1.54) is 0 Å². The second kappa shape index (κ2) is 3.64. The lowest BCUT2D eigenvalue weighted by atomic mass is 10.3. The van der Waals surface area contributed by atoms with Crippen LogP contribution in [0, 0.1) is 5.82 Å².